The monoisotopic (exact) mass is 357 g/mol. The summed E-state index contributed by atoms with van der Waals surface area (Å²) in [6, 6.07) is 8.97. The van der Waals surface area contributed by atoms with Crippen LogP contribution in [0, 0.1) is 0 Å². The third kappa shape index (κ3) is 4.71. The third-order valence-corrected chi connectivity index (χ3v) is 4.41. The summed E-state index contributed by atoms with van der Waals surface area (Å²) in [6.07, 6.45) is 2.65. The number of aliphatic carboxylic acids is 1. The molecular formula is C19H23N3O4. The van der Waals surface area contributed by atoms with Crippen LogP contribution >= 0.6 is 0 Å². The molecule has 26 heavy (non-hydrogen) atoms. The number of nitrogens with two attached hydrogens (primary N) is 1. The zero-order valence-corrected chi connectivity index (χ0v) is 14.4. The van der Waals surface area contributed by atoms with Crippen LogP contribution in [0.15, 0.2) is 36.5 Å². The van der Waals surface area contributed by atoms with E-state index in [2.05, 4.69) is 10.3 Å². The van der Waals surface area contributed by atoms with Crippen molar-refractivity contribution in [2.24, 2.45) is 0 Å². The average Bonchev–Trinajstić information content (AvgIpc) is 2.61. The van der Waals surface area contributed by atoms with E-state index in [1.54, 1.807) is 24.4 Å². The minimum absolute atomic E-state index is 0.0181. The van der Waals surface area contributed by atoms with Gasteiger partial charge in [-0.2, -0.15) is 0 Å². The lowest BCUT2D eigenvalue weighted by Crippen LogP contribution is -2.36. The van der Waals surface area contributed by atoms with Crippen molar-refractivity contribution in [3.05, 3.63) is 53.2 Å². The Labute approximate surface area is 151 Å². The first-order valence-electron chi connectivity index (χ1n) is 8.61. The molecule has 0 aliphatic carbocycles. The number of aliphatic hydroxyl groups is 1. The molecule has 2 unspecified atom stereocenters. The molecule has 1 aromatic heterocycles. The molecule has 0 fully saturated rings. The lowest BCUT2D eigenvalue weighted by atomic mass is 9.99. The van der Waals surface area contributed by atoms with Crippen LogP contribution in [-0.4, -0.2) is 40.4 Å². The van der Waals surface area contributed by atoms with Gasteiger partial charge in [-0.05, 0) is 36.1 Å². The number of anilines is 1. The van der Waals surface area contributed by atoms with Gasteiger partial charge in [0.25, 0.3) is 0 Å². The maximum Gasteiger partial charge on any atom is 0.307 e. The molecular weight excluding hydrogens is 334 g/mol. The number of nitrogen functional groups attached to an aromatic ring is 1. The van der Waals surface area contributed by atoms with Crippen molar-refractivity contribution in [3.63, 3.8) is 0 Å². The summed E-state index contributed by atoms with van der Waals surface area (Å²) in [6.45, 7) is 1.02. The lowest BCUT2D eigenvalue weighted by Gasteiger charge is -2.27. The van der Waals surface area contributed by atoms with Crippen molar-refractivity contribution in [2.45, 2.75) is 31.5 Å². The smallest absolute Gasteiger partial charge is 0.307 e. The van der Waals surface area contributed by atoms with E-state index in [9.17, 15) is 9.90 Å². The van der Waals surface area contributed by atoms with Crippen molar-refractivity contribution in [1.29, 1.82) is 0 Å². The van der Waals surface area contributed by atoms with E-state index < -0.39 is 12.1 Å². The second kappa shape index (κ2) is 8.16. The summed E-state index contributed by atoms with van der Waals surface area (Å²) in [4.78, 5) is 14.8. The predicted octanol–water partition coefficient (Wildman–Crippen LogP) is 1.31. The molecule has 0 radical (unpaired) electrons. The number of hydrogen-bond acceptors (Lipinski definition) is 6. The van der Waals surface area contributed by atoms with Gasteiger partial charge >= 0.3 is 5.97 Å². The third-order valence-electron chi connectivity index (χ3n) is 4.41. The van der Waals surface area contributed by atoms with Crippen LogP contribution < -0.4 is 15.8 Å². The molecule has 0 bridgehead atoms. The fourth-order valence-electron chi connectivity index (χ4n) is 3.04. The Bertz CT molecular complexity index is 764. The number of carboxylic acid groups (broad SMARTS) is 1. The molecule has 2 atom stereocenters. The highest BCUT2D eigenvalue weighted by Crippen LogP contribution is 2.28. The number of fused-ring (bicyclic) bond motifs is 1. The van der Waals surface area contributed by atoms with Crippen LogP contribution in [0.3, 0.4) is 0 Å². The molecule has 3 rings (SSSR count). The highest BCUT2D eigenvalue weighted by Gasteiger charge is 2.20. The van der Waals surface area contributed by atoms with E-state index in [1.165, 1.54) is 0 Å². The first kappa shape index (κ1) is 18.2. The number of aliphatic hydroxyl groups excluding tert-OH is 1. The molecule has 5 N–H and O–H groups in total. The normalized spacial score (nSPS) is 17.2. The van der Waals surface area contributed by atoms with E-state index >= 15 is 0 Å². The number of nitrogens with zero attached hydrogens (tertiary/aromatic N) is 1. The van der Waals surface area contributed by atoms with Crippen molar-refractivity contribution < 1.29 is 19.7 Å². The molecule has 0 amide bonds. The number of aryl methyl sites for hydroxylation is 1. The van der Waals surface area contributed by atoms with Gasteiger partial charge in [-0.25, -0.2) is 4.98 Å². The van der Waals surface area contributed by atoms with Gasteiger partial charge < -0.3 is 26.0 Å². The Morgan fingerprint density at radius 3 is 2.96 bits per heavy atom. The molecule has 2 heterocycles. The van der Waals surface area contributed by atoms with Crippen LogP contribution in [0.2, 0.25) is 0 Å². The molecule has 1 aliphatic heterocycles. The van der Waals surface area contributed by atoms with Gasteiger partial charge in [0, 0.05) is 24.8 Å². The quantitative estimate of drug-likeness (QED) is 0.590. The number of rotatable bonds is 7. The SMILES string of the molecule is Nc1ccc(C(O)CNCC2CCc3cc(CC(=O)O)ccc3O2)cn1. The van der Waals surface area contributed by atoms with E-state index in [4.69, 9.17) is 15.6 Å². The summed E-state index contributed by atoms with van der Waals surface area (Å²) < 4.78 is 5.97. The molecule has 0 spiro atoms. The van der Waals surface area contributed by atoms with Gasteiger partial charge in [0.15, 0.2) is 0 Å². The van der Waals surface area contributed by atoms with Gasteiger partial charge in [-0.15, -0.1) is 0 Å². The molecule has 2 aromatic rings. The number of carboxylic acids is 1. The number of pyridine rings is 1. The number of benzene rings is 1. The Morgan fingerprint density at radius 2 is 2.23 bits per heavy atom. The maximum atomic E-state index is 10.8. The Hall–Kier alpha value is -2.64. The van der Waals surface area contributed by atoms with Crippen LogP contribution in [0.5, 0.6) is 5.75 Å². The van der Waals surface area contributed by atoms with Crippen LogP contribution in [0.1, 0.15) is 29.2 Å². The van der Waals surface area contributed by atoms with E-state index in [1.807, 2.05) is 12.1 Å². The maximum absolute atomic E-state index is 10.8. The van der Waals surface area contributed by atoms with Crippen molar-refractivity contribution in [1.82, 2.24) is 10.3 Å². The second-order valence-electron chi connectivity index (χ2n) is 6.48. The fraction of sp³-hybridized carbons (Fsp3) is 0.368. The lowest BCUT2D eigenvalue weighted by molar-refractivity contribution is -0.136. The fourth-order valence-corrected chi connectivity index (χ4v) is 3.04. The molecule has 7 nitrogen and oxygen atoms in total. The highest BCUT2D eigenvalue weighted by molar-refractivity contribution is 5.70. The molecule has 1 aliphatic rings. The largest absolute Gasteiger partial charge is 0.489 e. The average molecular weight is 357 g/mol. The van der Waals surface area contributed by atoms with Gasteiger partial charge in [-0.1, -0.05) is 18.2 Å². The molecule has 138 valence electrons. The Kier molecular flexibility index (Phi) is 5.70. The first-order chi connectivity index (χ1) is 12.5. The highest BCUT2D eigenvalue weighted by atomic mass is 16.5. The van der Waals surface area contributed by atoms with Crippen molar-refractivity contribution >= 4 is 11.8 Å². The van der Waals surface area contributed by atoms with Gasteiger partial charge in [0.2, 0.25) is 0 Å². The van der Waals surface area contributed by atoms with Gasteiger partial charge in [0.1, 0.15) is 17.7 Å². The van der Waals surface area contributed by atoms with Gasteiger partial charge in [-0.3, -0.25) is 4.79 Å². The number of carbonyl (C=O) groups is 1. The predicted molar refractivity (Wildman–Crippen MR) is 97.0 cm³/mol. The summed E-state index contributed by atoms with van der Waals surface area (Å²) in [5.41, 5.74) is 8.10. The Balaban J connectivity index is 1.48. The van der Waals surface area contributed by atoms with Crippen molar-refractivity contribution in [2.75, 3.05) is 18.8 Å². The minimum atomic E-state index is -0.835. The van der Waals surface area contributed by atoms with Crippen LogP contribution in [-0.2, 0) is 17.6 Å². The summed E-state index contributed by atoms with van der Waals surface area (Å²) in [5, 5.41) is 22.3. The molecule has 7 heteroatoms. The number of ether oxygens (including phenoxy) is 1. The zero-order chi connectivity index (χ0) is 18.5. The van der Waals surface area contributed by atoms with E-state index in [-0.39, 0.29) is 12.5 Å². The Morgan fingerprint density at radius 1 is 1.38 bits per heavy atom. The molecule has 0 saturated heterocycles. The topological polar surface area (TPSA) is 118 Å². The summed E-state index contributed by atoms with van der Waals surface area (Å²) in [7, 11) is 0. The zero-order valence-electron chi connectivity index (χ0n) is 14.4. The van der Waals surface area contributed by atoms with E-state index in [0.717, 1.165) is 29.7 Å². The number of nitrogens with one attached hydrogen (secondary N) is 1. The van der Waals surface area contributed by atoms with Crippen LogP contribution in [0.25, 0.3) is 0 Å². The van der Waals surface area contributed by atoms with E-state index in [0.29, 0.717) is 24.5 Å². The molecule has 1 aromatic carbocycles. The van der Waals surface area contributed by atoms with Crippen LogP contribution in [0.4, 0.5) is 5.82 Å². The number of aromatic nitrogens is 1. The first-order valence-corrected chi connectivity index (χ1v) is 8.61. The summed E-state index contributed by atoms with van der Waals surface area (Å²) >= 11 is 0. The summed E-state index contributed by atoms with van der Waals surface area (Å²) in [5.74, 6) is 0.397. The number of hydrogen-bond donors (Lipinski definition) is 4. The molecule has 0 saturated carbocycles. The standard InChI is InChI=1S/C19H23N3O4/c20-18-6-3-14(9-22-18)16(23)11-21-10-15-4-2-13-7-12(8-19(24)25)1-5-17(13)26-15/h1,3,5-7,9,15-16,21,23H,2,4,8,10-11H2,(H2,20,22)(H,24,25). The second-order valence-corrected chi connectivity index (χ2v) is 6.48. The minimum Gasteiger partial charge on any atom is -0.489 e. The van der Waals surface area contributed by atoms with Gasteiger partial charge in [0.05, 0.1) is 12.5 Å². The van der Waals surface area contributed by atoms with Crippen molar-refractivity contribution in [3.8, 4) is 5.75 Å².